The molecule has 0 spiro atoms. The summed E-state index contributed by atoms with van der Waals surface area (Å²) in [6, 6.07) is 0. The molecule has 0 aliphatic rings. The van der Waals surface area contributed by atoms with Gasteiger partial charge < -0.3 is 5.73 Å². The summed E-state index contributed by atoms with van der Waals surface area (Å²) in [7, 11) is 2.02. The van der Waals surface area contributed by atoms with Gasteiger partial charge in [0.05, 0.1) is 15.9 Å². The zero-order valence-corrected chi connectivity index (χ0v) is 13.7. The molecule has 0 saturated heterocycles. The van der Waals surface area contributed by atoms with Gasteiger partial charge in [-0.15, -0.1) is 0 Å². The first-order valence-electron chi connectivity index (χ1n) is 6.87. The van der Waals surface area contributed by atoms with E-state index < -0.39 is 0 Å². The number of hydrogen-bond acceptors (Lipinski definition) is 2. The van der Waals surface area contributed by atoms with Crippen LogP contribution < -0.4 is 5.73 Å². The largest absolute Gasteiger partial charge is 0.330 e. The Labute approximate surface area is 119 Å². The summed E-state index contributed by atoms with van der Waals surface area (Å²) in [4.78, 5) is 0. The van der Waals surface area contributed by atoms with Crippen molar-refractivity contribution in [3.63, 3.8) is 0 Å². The van der Waals surface area contributed by atoms with Crippen molar-refractivity contribution in [2.45, 2.75) is 52.9 Å². The normalized spacial score (nSPS) is 14.8. The molecule has 0 bridgehead atoms. The number of unbranched alkanes of at least 4 members (excludes halogenated alkanes) is 1. The fraction of sp³-hybridized carbons (Fsp3) is 0.786. The predicted molar refractivity (Wildman–Crippen MR) is 80.7 cm³/mol. The van der Waals surface area contributed by atoms with E-state index in [1.54, 1.807) is 0 Å². The van der Waals surface area contributed by atoms with Crippen molar-refractivity contribution in [1.82, 2.24) is 9.78 Å². The van der Waals surface area contributed by atoms with Crippen LogP contribution in [0.4, 0.5) is 0 Å². The topological polar surface area (TPSA) is 43.8 Å². The van der Waals surface area contributed by atoms with Crippen LogP contribution >= 0.6 is 15.9 Å². The molecule has 0 aromatic carbocycles. The van der Waals surface area contributed by atoms with Crippen LogP contribution in [0.25, 0.3) is 0 Å². The molecule has 1 atom stereocenters. The summed E-state index contributed by atoms with van der Waals surface area (Å²) >= 11 is 3.66. The Kier molecular flexibility index (Phi) is 5.86. The van der Waals surface area contributed by atoms with Gasteiger partial charge in [-0.05, 0) is 54.1 Å². The molecule has 104 valence electrons. The van der Waals surface area contributed by atoms with Gasteiger partial charge in [-0.1, -0.05) is 26.7 Å². The smallest absolute Gasteiger partial charge is 0.0738 e. The summed E-state index contributed by atoms with van der Waals surface area (Å²) in [5, 5.41) is 4.47. The number of rotatable bonds is 7. The molecular weight excluding hydrogens is 290 g/mol. The van der Waals surface area contributed by atoms with Gasteiger partial charge in [0.15, 0.2) is 0 Å². The van der Waals surface area contributed by atoms with E-state index >= 15 is 0 Å². The summed E-state index contributed by atoms with van der Waals surface area (Å²) in [5.41, 5.74) is 8.62. The van der Waals surface area contributed by atoms with E-state index in [2.05, 4.69) is 34.9 Å². The van der Waals surface area contributed by atoms with E-state index in [9.17, 15) is 0 Å². The second-order valence-corrected chi connectivity index (χ2v) is 6.10. The minimum absolute atomic E-state index is 0.221. The van der Waals surface area contributed by atoms with Crippen molar-refractivity contribution < 1.29 is 0 Å². The van der Waals surface area contributed by atoms with Crippen LogP contribution in [0.2, 0.25) is 0 Å². The van der Waals surface area contributed by atoms with Crippen molar-refractivity contribution in [3.8, 4) is 0 Å². The summed E-state index contributed by atoms with van der Waals surface area (Å²) in [6.07, 6.45) is 5.82. The second-order valence-electron chi connectivity index (χ2n) is 5.31. The maximum atomic E-state index is 6.07. The highest BCUT2D eigenvalue weighted by molar-refractivity contribution is 9.10. The Morgan fingerprint density at radius 1 is 1.39 bits per heavy atom. The van der Waals surface area contributed by atoms with E-state index in [1.807, 2.05) is 18.7 Å². The summed E-state index contributed by atoms with van der Waals surface area (Å²) in [5.74, 6) is 0. The predicted octanol–water partition coefficient (Wildman–Crippen LogP) is 3.58. The number of nitrogens with zero attached hydrogens (tertiary/aromatic N) is 2. The lowest BCUT2D eigenvalue weighted by Crippen LogP contribution is -2.33. The first-order chi connectivity index (χ1) is 8.49. The third-order valence-corrected chi connectivity index (χ3v) is 5.08. The Bertz CT molecular complexity index is 381. The van der Waals surface area contributed by atoms with E-state index in [0.29, 0.717) is 0 Å². The number of nitrogens with two attached hydrogens (primary N) is 1. The standard InChI is InChI=1S/C14H26BrN3/c1-5-7-8-14(6-2,10-16)9-12-13(15)11(3)17-18(12)4/h5-10,16H2,1-4H3. The van der Waals surface area contributed by atoms with Crippen molar-refractivity contribution in [2.24, 2.45) is 18.2 Å². The van der Waals surface area contributed by atoms with E-state index in [-0.39, 0.29) is 5.41 Å². The molecule has 1 aromatic heterocycles. The molecule has 1 rings (SSSR count). The first kappa shape index (κ1) is 15.7. The molecule has 1 unspecified atom stereocenters. The molecule has 0 aliphatic heterocycles. The van der Waals surface area contributed by atoms with Crippen LogP contribution in [0, 0.1) is 12.3 Å². The van der Waals surface area contributed by atoms with Crippen LogP contribution in [-0.2, 0) is 13.5 Å². The van der Waals surface area contributed by atoms with Gasteiger partial charge >= 0.3 is 0 Å². The molecule has 0 fully saturated rings. The summed E-state index contributed by atoms with van der Waals surface area (Å²) < 4.78 is 3.14. The maximum absolute atomic E-state index is 6.07. The number of aryl methyl sites for hydroxylation is 2. The molecule has 2 N–H and O–H groups in total. The summed E-state index contributed by atoms with van der Waals surface area (Å²) in [6.45, 7) is 7.27. The molecule has 3 nitrogen and oxygen atoms in total. The highest BCUT2D eigenvalue weighted by Gasteiger charge is 2.29. The van der Waals surface area contributed by atoms with E-state index in [4.69, 9.17) is 5.73 Å². The third-order valence-electron chi connectivity index (χ3n) is 4.05. The van der Waals surface area contributed by atoms with Gasteiger partial charge in [0, 0.05) is 7.05 Å². The maximum Gasteiger partial charge on any atom is 0.0738 e. The molecular formula is C14H26BrN3. The van der Waals surface area contributed by atoms with Crippen LogP contribution in [0.1, 0.15) is 50.9 Å². The fourth-order valence-corrected chi connectivity index (χ4v) is 2.96. The Hall–Kier alpha value is -0.350. The van der Waals surface area contributed by atoms with E-state index in [0.717, 1.165) is 29.6 Å². The van der Waals surface area contributed by atoms with Crippen molar-refractivity contribution in [3.05, 3.63) is 15.9 Å². The van der Waals surface area contributed by atoms with Gasteiger partial charge in [-0.3, -0.25) is 4.68 Å². The van der Waals surface area contributed by atoms with Crippen LogP contribution in [0.3, 0.4) is 0 Å². The third kappa shape index (κ3) is 3.35. The van der Waals surface area contributed by atoms with Gasteiger partial charge in [0.1, 0.15) is 0 Å². The molecule has 0 aliphatic carbocycles. The highest BCUT2D eigenvalue weighted by Crippen LogP contribution is 2.34. The van der Waals surface area contributed by atoms with Crippen molar-refractivity contribution in [1.29, 1.82) is 0 Å². The quantitative estimate of drug-likeness (QED) is 0.835. The van der Waals surface area contributed by atoms with Crippen LogP contribution in [0.15, 0.2) is 4.47 Å². The first-order valence-corrected chi connectivity index (χ1v) is 7.67. The lowest BCUT2D eigenvalue weighted by atomic mass is 9.76. The lowest BCUT2D eigenvalue weighted by Gasteiger charge is -2.31. The number of halogens is 1. The minimum Gasteiger partial charge on any atom is -0.330 e. The highest BCUT2D eigenvalue weighted by atomic mass is 79.9. The van der Waals surface area contributed by atoms with Gasteiger partial charge in [-0.25, -0.2) is 0 Å². The zero-order chi connectivity index (χ0) is 13.8. The average molecular weight is 316 g/mol. The van der Waals surface area contributed by atoms with Crippen molar-refractivity contribution in [2.75, 3.05) is 6.54 Å². The second kappa shape index (κ2) is 6.71. The van der Waals surface area contributed by atoms with Gasteiger partial charge in [0.25, 0.3) is 0 Å². The molecule has 0 amide bonds. The minimum atomic E-state index is 0.221. The lowest BCUT2D eigenvalue weighted by molar-refractivity contribution is 0.245. The monoisotopic (exact) mass is 315 g/mol. The molecule has 1 heterocycles. The number of hydrogen-bond donors (Lipinski definition) is 1. The average Bonchev–Trinajstić information content (AvgIpc) is 2.61. The fourth-order valence-electron chi connectivity index (χ4n) is 2.49. The van der Waals surface area contributed by atoms with Gasteiger partial charge in [-0.2, -0.15) is 5.10 Å². The molecule has 4 heteroatoms. The molecule has 0 saturated carbocycles. The van der Waals surface area contributed by atoms with Gasteiger partial charge in [0.2, 0.25) is 0 Å². The Morgan fingerprint density at radius 2 is 2.06 bits per heavy atom. The Balaban J connectivity index is 2.95. The number of aromatic nitrogens is 2. The van der Waals surface area contributed by atoms with Crippen LogP contribution in [-0.4, -0.2) is 16.3 Å². The van der Waals surface area contributed by atoms with E-state index in [1.165, 1.54) is 25.0 Å². The van der Waals surface area contributed by atoms with Crippen molar-refractivity contribution >= 4 is 15.9 Å². The molecule has 0 radical (unpaired) electrons. The SMILES string of the molecule is CCCCC(CC)(CN)Cc1c(Br)c(C)nn1C. The molecule has 18 heavy (non-hydrogen) atoms. The molecule has 1 aromatic rings. The Morgan fingerprint density at radius 3 is 2.44 bits per heavy atom. The zero-order valence-electron chi connectivity index (χ0n) is 12.1. The van der Waals surface area contributed by atoms with Crippen LogP contribution in [0.5, 0.6) is 0 Å².